The highest BCUT2D eigenvalue weighted by molar-refractivity contribution is 7.87. The molecule has 94 valence electrons. The van der Waals surface area contributed by atoms with Crippen molar-refractivity contribution in [2.45, 2.75) is 38.9 Å². The molecule has 0 aromatic carbocycles. The van der Waals surface area contributed by atoms with E-state index in [1.165, 1.54) is 0 Å². The first-order chi connectivity index (χ1) is 6.62. The van der Waals surface area contributed by atoms with Gasteiger partial charge in [-0.15, -0.1) is 0 Å². The molecule has 0 spiro atoms. The van der Waals surface area contributed by atoms with Gasteiger partial charge in [0, 0.05) is 5.41 Å². The molecule has 0 aliphatic heterocycles. The van der Waals surface area contributed by atoms with E-state index in [-0.39, 0.29) is 23.3 Å². The van der Waals surface area contributed by atoms with Gasteiger partial charge >= 0.3 is 0 Å². The lowest BCUT2D eigenvalue weighted by Crippen LogP contribution is -2.38. The number of fused-ring (bicyclic) bond motifs is 2. The van der Waals surface area contributed by atoms with Crippen molar-refractivity contribution in [1.29, 1.82) is 0 Å². The van der Waals surface area contributed by atoms with E-state index in [1.807, 2.05) is 20.8 Å². The lowest BCUT2D eigenvalue weighted by atomic mass is 9.70. The van der Waals surface area contributed by atoms with Crippen LogP contribution in [0.1, 0.15) is 33.6 Å². The Kier molecular flexibility index (Phi) is 2.78. The Bertz CT molecular complexity index is 428. The summed E-state index contributed by atoms with van der Waals surface area (Å²) >= 11 is 0. The fraction of sp³-hybridized carbons (Fsp3) is 0.900. The molecule has 0 aromatic heterocycles. The van der Waals surface area contributed by atoms with E-state index >= 15 is 0 Å². The first-order valence-corrected chi connectivity index (χ1v) is 6.63. The minimum Gasteiger partial charge on any atom is -0.344 e. The summed E-state index contributed by atoms with van der Waals surface area (Å²) in [5.41, 5.74) is -0.914. The van der Waals surface area contributed by atoms with Gasteiger partial charge in [0.1, 0.15) is 5.25 Å². The van der Waals surface area contributed by atoms with Crippen molar-refractivity contribution in [3.05, 3.63) is 0 Å². The van der Waals surface area contributed by atoms with Gasteiger partial charge in [-0.05, 0) is 24.2 Å². The van der Waals surface area contributed by atoms with Crippen LogP contribution in [0.25, 0.3) is 0 Å². The van der Waals surface area contributed by atoms with E-state index in [4.69, 9.17) is 4.55 Å². The SMILES string of the molecule is CC12CCC(C(S(=O)(=O)O)C1=O)C2(C)C.N. The van der Waals surface area contributed by atoms with Crippen LogP contribution in [0.5, 0.6) is 0 Å². The average molecular weight is 249 g/mol. The lowest BCUT2D eigenvalue weighted by molar-refractivity contribution is -0.128. The van der Waals surface area contributed by atoms with Crippen molar-refractivity contribution in [2.24, 2.45) is 16.7 Å². The Morgan fingerprint density at radius 2 is 1.81 bits per heavy atom. The second-order valence-electron chi connectivity index (χ2n) is 5.50. The molecule has 0 saturated heterocycles. The molecule has 2 aliphatic carbocycles. The van der Waals surface area contributed by atoms with Gasteiger partial charge in [0.25, 0.3) is 10.1 Å². The largest absolute Gasteiger partial charge is 0.344 e. The summed E-state index contributed by atoms with van der Waals surface area (Å²) < 4.78 is 31.5. The van der Waals surface area contributed by atoms with Crippen LogP contribution in [-0.4, -0.2) is 24.0 Å². The zero-order valence-electron chi connectivity index (χ0n) is 9.86. The summed E-state index contributed by atoms with van der Waals surface area (Å²) in [5.74, 6) is -0.531. The molecule has 5 nitrogen and oxygen atoms in total. The standard InChI is InChI=1S/C10H16O4S.H3N/c1-9(2)6-4-5-10(9,3)8(11)7(6)15(12,13)14;/h6-7H,4-5H2,1-3H3,(H,12,13,14);1H3. The van der Waals surface area contributed by atoms with Gasteiger partial charge < -0.3 is 6.15 Å². The van der Waals surface area contributed by atoms with Crippen LogP contribution in [0, 0.1) is 16.7 Å². The van der Waals surface area contributed by atoms with Gasteiger partial charge in [-0.1, -0.05) is 20.8 Å². The van der Waals surface area contributed by atoms with Crippen molar-refractivity contribution in [2.75, 3.05) is 0 Å². The maximum Gasteiger partial charge on any atom is 0.275 e. The van der Waals surface area contributed by atoms with Gasteiger partial charge in [-0.3, -0.25) is 9.35 Å². The molecule has 0 aromatic rings. The minimum atomic E-state index is -4.24. The van der Waals surface area contributed by atoms with Gasteiger partial charge in [0.15, 0.2) is 5.78 Å². The number of ketones is 1. The predicted molar refractivity (Wildman–Crippen MR) is 60.0 cm³/mol. The van der Waals surface area contributed by atoms with E-state index in [1.54, 1.807) is 0 Å². The van der Waals surface area contributed by atoms with Gasteiger partial charge in [-0.2, -0.15) is 8.42 Å². The summed E-state index contributed by atoms with van der Waals surface area (Å²) in [4.78, 5) is 12.0. The summed E-state index contributed by atoms with van der Waals surface area (Å²) in [6, 6.07) is 0. The molecule has 4 N–H and O–H groups in total. The highest BCUT2D eigenvalue weighted by Gasteiger charge is 2.69. The summed E-state index contributed by atoms with van der Waals surface area (Å²) in [6.07, 6.45) is 1.44. The van der Waals surface area contributed by atoms with Gasteiger partial charge in [0.2, 0.25) is 0 Å². The van der Waals surface area contributed by atoms with Crippen LogP contribution in [0.4, 0.5) is 0 Å². The first kappa shape index (κ1) is 13.6. The van der Waals surface area contributed by atoms with Gasteiger partial charge in [0.05, 0.1) is 0 Å². The number of hydrogen-bond donors (Lipinski definition) is 2. The molecule has 0 radical (unpaired) electrons. The average Bonchev–Trinajstić information content (AvgIpc) is 2.33. The van der Waals surface area contributed by atoms with Crippen molar-refractivity contribution < 1.29 is 17.8 Å². The zero-order chi connectivity index (χ0) is 11.6. The molecule has 0 heterocycles. The normalized spacial score (nSPS) is 40.9. The Balaban J connectivity index is 0.00000128. The van der Waals surface area contributed by atoms with Crippen molar-refractivity contribution in [1.82, 2.24) is 6.15 Å². The van der Waals surface area contributed by atoms with E-state index in [0.717, 1.165) is 6.42 Å². The first-order valence-electron chi connectivity index (χ1n) is 5.13. The molecule has 6 heteroatoms. The fourth-order valence-corrected chi connectivity index (χ4v) is 4.77. The molecule has 2 aliphatic rings. The predicted octanol–water partition coefficient (Wildman–Crippen LogP) is 1.43. The van der Waals surface area contributed by atoms with Crippen LogP contribution in [0.2, 0.25) is 0 Å². The van der Waals surface area contributed by atoms with Crippen LogP contribution in [0.3, 0.4) is 0 Å². The Morgan fingerprint density at radius 3 is 2.06 bits per heavy atom. The Hall–Kier alpha value is -0.460. The van der Waals surface area contributed by atoms with Crippen LogP contribution in [-0.2, 0) is 14.9 Å². The highest BCUT2D eigenvalue weighted by atomic mass is 32.2. The number of carbonyl (C=O) groups excluding carboxylic acids is 1. The van der Waals surface area contributed by atoms with Gasteiger partial charge in [-0.25, -0.2) is 0 Å². The number of carbonyl (C=O) groups is 1. The second-order valence-corrected chi connectivity index (χ2v) is 7.04. The monoisotopic (exact) mass is 249 g/mol. The second kappa shape index (κ2) is 3.27. The third-order valence-corrected chi connectivity index (χ3v) is 5.98. The van der Waals surface area contributed by atoms with Crippen molar-refractivity contribution >= 4 is 15.9 Å². The Labute approximate surface area is 95.9 Å². The molecule has 2 rings (SSSR count). The molecule has 2 saturated carbocycles. The minimum absolute atomic E-state index is 0. The molecular formula is C10H19NO4S. The summed E-state index contributed by atoms with van der Waals surface area (Å²) in [5, 5.41) is -1.19. The molecule has 3 atom stereocenters. The quantitative estimate of drug-likeness (QED) is 0.684. The molecule has 2 bridgehead atoms. The zero-order valence-corrected chi connectivity index (χ0v) is 10.7. The lowest BCUT2D eigenvalue weighted by Gasteiger charge is -2.32. The molecule has 3 unspecified atom stereocenters. The van der Waals surface area contributed by atoms with Crippen LogP contribution in [0.15, 0.2) is 0 Å². The van der Waals surface area contributed by atoms with Crippen molar-refractivity contribution in [3.8, 4) is 0 Å². The number of hydrogen-bond acceptors (Lipinski definition) is 4. The molecule has 2 fully saturated rings. The van der Waals surface area contributed by atoms with E-state index < -0.39 is 20.8 Å². The van der Waals surface area contributed by atoms with E-state index in [2.05, 4.69) is 0 Å². The number of rotatable bonds is 1. The van der Waals surface area contributed by atoms with E-state index in [0.29, 0.717) is 6.42 Å². The number of Topliss-reactive ketones (excluding diaryl/α,β-unsaturated/α-hetero) is 1. The van der Waals surface area contributed by atoms with Crippen LogP contribution < -0.4 is 6.15 Å². The summed E-state index contributed by atoms with van der Waals surface area (Å²) in [7, 11) is -4.24. The van der Waals surface area contributed by atoms with E-state index in [9.17, 15) is 13.2 Å². The Morgan fingerprint density at radius 1 is 1.31 bits per heavy atom. The maximum atomic E-state index is 12.0. The van der Waals surface area contributed by atoms with Crippen molar-refractivity contribution in [3.63, 3.8) is 0 Å². The molecule has 0 amide bonds. The summed E-state index contributed by atoms with van der Waals surface area (Å²) in [6.45, 7) is 5.67. The smallest absolute Gasteiger partial charge is 0.275 e. The third-order valence-electron chi connectivity index (χ3n) is 4.79. The molecular weight excluding hydrogens is 230 g/mol. The molecule has 16 heavy (non-hydrogen) atoms. The topological polar surface area (TPSA) is 106 Å². The maximum absolute atomic E-state index is 12.0. The highest BCUT2D eigenvalue weighted by Crippen LogP contribution is 2.64. The fourth-order valence-electron chi connectivity index (χ4n) is 3.35. The van der Waals surface area contributed by atoms with Crippen LogP contribution >= 0.6 is 0 Å². The third kappa shape index (κ3) is 1.30.